The van der Waals surface area contributed by atoms with Crippen LogP contribution in [0.1, 0.15) is 18.9 Å². The average molecular weight is 522 g/mol. The minimum atomic E-state index is -4.09. The number of hydrogen-bond donors (Lipinski definition) is 1. The number of nitrogens with zero attached hydrogens (tertiary/aromatic N) is 1. The summed E-state index contributed by atoms with van der Waals surface area (Å²) in [7, 11) is -4.09. The number of carboxylic acid groups (broad SMARTS) is 1. The fraction of sp³-hybridized carbons (Fsp3) is 0.240. The highest BCUT2D eigenvalue weighted by atomic mass is 35.5. The molecule has 10 heteroatoms. The van der Waals surface area contributed by atoms with Gasteiger partial charge in [0.05, 0.1) is 28.1 Å². The Balaban J connectivity index is 1.85. The molecule has 1 N–H and O–H groups in total. The van der Waals surface area contributed by atoms with Crippen LogP contribution in [-0.4, -0.2) is 32.1 Å². The molecule has 4 rings (SSSR count). The average Bonchev–Trinajstić information content (AvgIpc) is 2.80. The van der Waals surface area contributed by atoms with Gasteiger partial charge in [-0.3, -0.25) is 9.10 Å². The first kappa shape index (κ1) is 24.9. The standard InChI is InChI=1S/C25H22ClF2NO5S/c1-14-4-3-5-19(8-14)35(32,33)29-13-18(9-15(2)25(30)31)34-23-7-6-16(10-22(23)29)20-11-17(27)12-21(28)24(20)26/h3-8,10-12,15,18H,9,13H2,1-2H3,(H,30,31)/t15-,18+/m1/s1. The van der Waals surface area contributed by atoms with E-state index in [0.717, 1.165) is 15.9 Å². The first-order chi connectivity index (χ1) is 16.5. The summed E-state index contributed by atoms with van der Waals surface area (Å²) >= 11 is 6.07. The van der Waals surface area contributed by atoms with Gasteiger partial charge in [-0.2, -0.15) is 0 Å². The van der Waals surface area contributed by atoms with Crippen molar-refractivity contribution in [3.05, 3.63) is 76.8 Å². The van der Waals surface area contributed by atoms with Crippen LogP contribution in [0.15, 0.2) is 59.5 Å². The van der Waals surface area contributed by atoms with Crippen molar-refractivity contribution in [1.29, 1.82) is 0 Å². The van der Waals surface area contributed by atoms with E-state index in [9.17, 15) is 27.1 Å². The Labute approximate surface area is 206 Å². The molecule has 0 unspecified atom stereocenters. The molecular weight excluding hydrogens is 500 g/mol. The van der Waals surface area contributed by atoms with E-state index in [1.165, 1.54) is 37.3 Å². The fourth-order valence-electron chi connectivity index (χ4n) is 3.99. The first-order valence-corrected chi connectivity index (χ1v) is 12.6. The van der Waals surface area contributed by atoms with Crippen LogP contribution in [-0.2, 0) is 14.8 Å². The zero-order valence-corrected chi connectivity index (χ0v) is 20.4. The highest BCUT2D eigenvalue weighted by Gasteiger charge is 2.36. The lowest BCUT2D eigenvalue weighted by Crippen LogP contribution is -2.44. The van der Waals surface area contributed by atoms with Crippen molar-refractivity contribution in [3.63, 3.8) is 0 Å². The van der Waals surface area contributed by atoms with Gasteiger partial charge in [0.15, 0.2) is 0 Å². The van der Waals surface area contributed by atoms with Crippen molar-refractivity contribution >= 4 is 33.3 Å². The maximum atomic E-state index is 14.1. The highest BCUT2D eigenvalue weighted by Crippen LogP contribution is 2.42. The maximum Gasteiger partial charge on any atom is 0.306 e. The fourth-order valence-corrected chi connectivity index (χ4v) is 5.82. The van der Waals surface area contributed by atoms with E-state index >= 15 is 0 Å². The quantitative estimate of drug-likeness (QED) is 0.423. The number of hydrogen-bond acceptors (Lipinski definition) is 4. The van der Waals surface area contributed by atoms with Crippen molar-refractivity contribution in [3.8, 4) is 16.9 Å². The Morgan fingerprint density at radius 3 is 2.63 bits per heavy atom. The van der Waals surface area contributed by atoms with Crippen molar-refractivity contribution in [1.82, 2.24) is 0 Å². The van der Waals surface area contributed by atoms with Gasteiger partial charge in [0, 0.05) is 11.6 Å². The molecule has 0 bridgehead atoms. The van der Waals surface area contributed by atoms with E-state index in [4.69, 9.17) is 16.3 Å². The summed E-state index contributed by atoms with van der Waals surface area (Å²) in [6.07, 6.45) is -0.647. The Bertz CT molecular complexity index is 1410. The monoisotopic (exact) mass is 521 g/mol. The SMILES string of the molecule is Cc1cccc(S(=O)(=O)N2C[C@H](C[C@@H](C)C(=O)O)Oc3ccc(-c4cc(F)cc(F)c4Cl)cc32)c1. The van der Waals surface area contributed by atoms with Gasteiger partial charge in [0.1, 0.15) is 23.5 Å². The largest absolute Gasteiger partial charge is 0.486 e. The van der Waals surface area contributed by atoms with E-state index in [1.54, 1.807) is 19.1 Å². The molecule has 0 aliphatic carbocycles. The number of sulfonamides is 1. The van der Waals surface area contributed by atoms with Crippen LogP contribution >= 0.6 is 11.6 Å². The number of carboxylic acids is 1. The maximum absolute atomic E-state index is 14.1. The van der Waals surface area contributed by atoms with Gasteiger partial charge in [-0.1, -0.05) is 36.7 Å². The lowest BCUT2D eigenvalue weighted by molar-refractivity contribution is -0.142. The van der Waals surface area contributed by atoms with Crippen LogP contribution < -0.4 is 9.04 Å². The molecule has 1 aliphatic heterocycles. The van der Waals surface area contributed by atoms with E-state index in [1.807, 2.05) is 0 Å². The smallest absolute Gasteiger partial charge is 0.306 e. The van der Waals surface area contributed by atoms with Gasteiger partial charge in [0.25, 0.3) is 10.0 Å². The third-order valence-electron chi connectivity index (χ3n) is 5.81. The van der Waals surface area contributed by atoms with E-state index in [-0.39, 0.29) is 45.4 Å². The molecule has 6 nitrogen and oxygen atoms in total. The van der Waals surface area contributed by atoms with Gasteiger partial charge < -0.3 is 9.84 Å². The lowest BCUT2D eigenvalue weighted by Gasteiger charge is -2.36. The number of halogens is 3. The van der Waals surface area contributed by atoms with E-state index in [0.29, 0.717) is 6.07 Å². The zero-order chi connectivity index (χ0) is 25.5. The lowest BCUT2D eigenvalue weighted by atomic mass is 10.0. The normalized spacial score (nSPS) is 16.4. The van der Waals surface area contributed by atoms with Crippen molar-refractivity contribution in [2.24, 2.45) is 5.92 Å². The van der Waals surface area contributed by atoms with E-state index in [2.05, 4.69) is 0 Å². The topological polar surface area (TPSA) is 83.9 Å². The number of benzene rings is 3. The molecule has 3 aromatic rings. The van der Waals surface area contributed by atoms with Crippen molar-refractivity contribution < 1.29 is 31.8 Å². The summed E-state index contributed by atoms with van der Waals surface area (Å²) < 4.78 is 62.5. The first-order valence-electron chi connectivity index (χ1n) is 10.7. The molecule has 0 spiro atoms. The number of carbonyl (C=O) groups is 1. The summed E-state index contributed by atoms with van der Waals surface area (Å²) in [6.45, 7) is 3.14. The second-order valence-corrected chi connectivity index (χ2v) is 10.7. The summed E-state index contributed by atoms with van der Waals surface area (Å²) in [5.41, 5.74) is 1.24. The van der Waals surface area contributed by atoms with Crippen LogP contribution in [0.4, 0.5) is 14.5 Å². The molecular formula is C25H22ClF2NO5S. The summed E-state index contributed by atoms with van der Waals surface area (Å²) in [5, 5.41) is 9.01. The van der Waals surface area contributed by atoms with Crippen molar-refractivity contribution in [2.75, 3.05) is 10.8 Å². The number of rotatable bonds is 6. The Morgan fingerprint density at radius 1 is 1.20 bits per heavy atom. The predicted molar refractivity (Wildman–Crippen MR) is 128 cm³/mol. The molecule has 0 saturated heterocycles. The number of anilines is 1. The van der Waals surface area contributed by atoms with E-state index < -0.39 is 39.6 Å². The van der Waals surface area contributed by atoms with Crippen LogP contribution in [0.5, 0.6) is 5.75 Å². The number of aryl methyl sites for hydroxylation is 1. The predicted octanol–water partition coefficient (Wildman–Crippen LogP) is 5.66. The molecule has 184 valence electrons. The molecule has 2 atom stereocenters. The Morgan fingerprint density at radius 2 is 1.94 bits per heavy atom. The molecule has 0 aromatic heterocycles. The molecule has 0 radical (unpaired) electrons. The highest BCUT2D eigenvalue weighted by molar-refractivity contribution is 7.92. The molecule has 0 fully saturated rings. The van der Waals surface area contributed by atoms with Gasteiger partial charge in [0.2, 0.25) is 0 Å². The number of aliphatic carboxylic acids is 1. The second kappa shape index (κ2) is 9.47. The third-order valence-corrected chi connectivity index (χ3v) is 7.97. The van der Waals surface area contributed by atoms with Gasteiger partial charge in [-0.05, 0) is 54.8 Å². The van der Waals surface area contributed by atoms with Gasteiger partial charge in [-0.25, -0.2) is 17.2 Å². The Hall–Kier alpha value is -3.17. The Kier molecular flexibility index (Phi) is 6.75. The minimum absolute atomic E-state index is 0.0515. The van der Waals surface area contributed by atoms with Crippen LogP contribution in [0.25, 0.3) is 11.1 Å². The molecule has 0 amide bonds. The molecule has 35 heavy (non-hydrogen) atoms. The number of ether oxygens (including phenoxy) is 1. The van der Waals surface area contributed by atoms with Crippen molar-refractivity contribution in [2.45, 2.75) is 31.3 Å². The van der Waals surface area contributed by atoms with Crippen LogP contribution in [0.3, 0.4) is 0 Å². The second-order valence-electron chi connectivity index (χ2n) is 8.50. The van der Waals surface area contributed by atoms with Crippen LogP contribution in [0, 0.1) is 24.5 Å². The summed E-state index contributed by atoms with van der Waals surface area (Å²) in [6, 6.07) is 12.6. The minimum Gasteiger partial charge on any atom is -0.486 e. The molecule has 1 heterocycles. The molecule has 1 aliphatic rings. The van der Waals surface area contributed by atoms with Gasteiger partial charge >= 0.3 is 5.97 Å². The molecule has 0 saturated carbocycles. The number of fused-ring (bicyclic) bond motifs is 1. The van der Waals surface area contributed by atoms with Crippen LogP contribution in [0.2, 0.25) is 5.02 Å². The zero-order valence-electron chi connectivity index (χ0n) is 18.8. The third kappa shape index (κ3) is 4.97. The summed E-state index contributed by atoms with van der Waals surface area (Å²) in [5.74, 6) is -3.36. The molecule has 3 aromatic carbocycles. The summed E-state index contributed by atoms with van der Waals surface area (Å²) in [4.78, 5) is 11.4. The van der Waals surface area contributed by atoms with Gasteiger partial charge in [-0.15, -0.1) is 0 Å².